The predicted octanol–water partition coefficient (Wildman–Crippen LogP) is -1.63. The van der Waals surface area contributed by atoms with Crippen molar-refractivity contribution in [3.05, 3.63) is 0 Å². The predicted molar refractivity (Wildman–Crippen MR) is 40.2 cm³/mol. The van der Waals surface area contributed by atoms with Crippen LogP contribution < -0.4 is 11.1 Å². The van der Waals surface area contributed by atoms with E-state index in [2.05, 4.69) is 5.32 Å². The lowest BCUT2D eigenvalue weighted by atomic mass is 10.1. The van der Waals surface area contributed by atoms with Crippen LogP contribution in [0.5, 0.6) is 0 Å². The first-order chi connectivity index (χ1) is 5.00. The van der Waals surface area contributed by atoms with Gasteiger partial charge in [-0.2, -0.15) is 0 Å². The van der Waals surface area contributed by atoms with Crippen LogP contribution in [-0.2, 0) is 4.79 Å². The highest BCUT2D eigenvalue weighted by Gasteiger charge is 2.28. The summed E-state index contributed by atoms with van der Waals surface area (Å²) in [7, 11) is 0. The van der Waals surface area contributed by atoms with Crippen molar-refractivity contribution in [1.29, 1.82) is 0 Å². The molecule has 0 amide bonds. The Hall–Kier alpha value is -0.650. The average Bonchev–Trinajstić information content (AvgIpc) is 1.88. The van der Waals surface area contributed by atoms with Crippen LogP contribution in [0.15, 0.2) is 0 Å². The highest BCUT2D eigenvalue weighted by atomic mass is 16.4. The molecule has 0 aromatic rings. The molecule has 0 radical (unpaired) electrons. The maximum atomic E-state index is 10.3. The fourth-order valence-corrected chi connectivity index (χ4v) is 0.509. The number of rotatable bonds is 5. The molecule has 0 spiro atoms. The Morgan fingerprint density at radius 3 is 2.64 bits per heavy atom. The van der Waals surface area contributed by atoms with E-state index in [1.807, 2.05) is 0 Å². The number of carbonyl (C=O) groups is 1. The van der Waals surface area contributed by atoms with Gasteiger partial charge in [-0.05, 0) is 6.92 Å². The smallest absolute Gasteiger partial charge is 0.336 e. The van der Waals surface area contributed by atoms with E-state index in [0.717, 1.165) is 0 Å². The molecule has 1 atom stereocenters. The van der Waals surface area contributed by atoms with Gasteiger partial charge in [-0.15, -0.1) is 0 Å². The lowest BCUT2D eigenvalue weighted by Gasteiger charge is -2.17. The SMILES string of the molecule is CC(O)(CNCCN)C(=O)O. The molecule has 5 heteroatoms. The van der Waals surface area contributed by atoms with Gasteiger partial charge in [-0.25, -0.2) is 4.79 Å². The fourth-order valence-electron chi connectivity index (χ4n) is 0.509. The minimum absolute atomic E-state index is 0.0134. The molecule has 0 rings (SSSR count). The second-order valence-corrected chi connectivity index (χ2v) is 2.54. The van der Waals surface area contributed by atoms with Crippen LogP contribution in [0.3, 0.4) is 0 Å². The van der Waals surface area contributed by atoms with Crippen LogP contribution in [0.1, 0.15) is 6.92 Å². The van der Waals surface area contributed by atoms with Gasteiger partial charge in [-0.3, -0.25) is 0 Å². The molecule has 5 nitrogen and oxygen atoms in total. The molecule has 0 aliphatic carbocycles. The van der Waals surface area contributed by atoms with Crippen LogP contribution in [0.4, 0.5) is 0 Å². The molecular weight excluding hydrogens is 148 g/mol. The zero-order chi connectivity index (χ0) is 8.91. The van der Waals surface area contributed by atoms with E-state index >= 15 is 0 Å². The minimum Gasteiger partial charge on any atom is -0.479 e. The standard InChI is InChI=1S/C6H14N2O3/c1-6(11,5(9)10)4-8-3-2-7/h8,11H,2-4,7H2,1H3,(H,9,10). The van der Waals surface area contributed by atoms with Crippen molar-refractivity contribution in [2.24, 2.45) is 5.73 Å². The highest BCUT2D eigenvalue weighted by Crippen LogP contribution is 1.99. The van der Waals surface area contributed by atoms with Gasteiger partial charge in [0.15, 0.2) is 5.60 Å². The number of aliphatic hydroxyl groups is 1. The molecule has 0 bridgehead atoms. The van der Waals surface area contributed by atoms with Crippen molar-refractivity contribution in [1.82, 2.24) is 5.32 Å². The normalized spacial score (nSPS) is 15.9. The van der Waals surface area contributed by atoms with Crippen LogP contribution >= 0.6 is 0 Å². The summed E-state index contributed by atoms with van der Waals surface area (Å²) in [6, 6.07) is 0. The van der Waals surface area contributed by atoms with E-state index in [-0.39, 0.29) is 6.54 Å². The van der Waals surface area contributed by atoms with Crippen molar-refractivity contribution in [3.63, 3.8) is 0 Å². The van der Waals surface area contributed by atoms with Gasteiger partial charge in [0.05, 0.1) is 0 Å². The summed E-state index contributed by atoms with van der Waals surface area (Å²) >= 11 is 0. The number of carboxylic acid groups (broad SMARTS) is 1. The summed E-state index contributed by atoms with van der Waals surface area (Å²) in [5.74, 6) is -1.23. The molecule has 0 aromatic heterocycles. The topological polar surface area (TPSA) is 95.6 Å². The van der Waals surface area contributed by atoms with Crippen LogP contribution in [-0.4, -0.2) is 41.4 Å². The summed E-state index contributed by atoms with van der Waals surface area (Å²) in [6.07, 6.45) is 0. The zero-order valence-corrected chi connectivity index (χ0v) is 6.50. The van der Waals surface area contributed by atoms with Crippen LogP contribution in [0, 0.1) is 0 Å². The Bertz CT molecular complexity index is 136. The maximum Gasteiger partial charge on any atom is 0.336 e. The van der Waals surface area contributed by atoms with Crippen LogP contribution in [0.25, 0.3) is 0 Å². The number of nitrogens with two attached hydrogens (primary N) is 1. The summed E-state index contributed by atoms with van der Waals surface area (Å²) in [6.45, 7) is 2.18. The van der Waals surface area contributed by atoms with Crippen molar-refractivity contribution in [2.45, 2.75) is 12.5 Å². The van der Waals surface area contributed by atoms with Crippen molar-refractivity contribution in [3.8, 4) is 0 Å². The first kappa shape index (κ1) is 10.3. The maximum absolute atomic E-state index is 10.3. The van der Waals surface area contributed by atoms with E-state index in [4.69, 9.17) is 15.9 Å². The zero-order valence-electron chi connectivity index (χ0n) is 6.50. The third-order valence-electron chi connectivity index (χ3n) is 1.25. The summed E-state index contributed by atoms with van der Waals surface area (Å²) < 4.78 is 0. The Morgan fingerprint density at radius 1 is 1.73 bits per heavy atom. The molecule has 11 heavy (non-hydrogen) atoms. The lowest BCUT2D eigenvalue weighted by molar-refractivity contribution is -0.156. The quantitative estimate of drug-likeness (QED) is 0.364. The van der Waals surface area contributed by atoms with Gasteiger partial charge in [-0.1, -0.05) is 0 Å². The Kier molecular flexibility index (Phi) is 4.02. The number of hydrogen-bond donors (Lipinski definition) is 4. The van der Waals surface area contributed by atoms with Gasteiger partial charge in [0.1, 0.15) is 0 Å². The Morgan fingerprint density at radius 2 is 2.27 bits per heavy atom. The Labute approximate surface area is 65.2 Å². The molecule has 0 saturated heterocycles. The third kappa shape index (κ3) is 3.92. The third-order valence-corrected chi connectivity index (χ3v) is 1.25. The molecule has 5 N–H and O–H groups in total. The second-order valence-electron chi connectivity index (χ2n) is 2.54. The van der Waals surface area contributed by atoms with E-state index in [1.165, 1.54) is 6.92 Å². The van der Waals surface area contributed by atoms with Gasteiger partial charge in [0.25, 0.3) is 0 Å². The molecular formula is C6H14N2O3. The summed E-state index contributed by atoms with van der Waals surface area (Å²) in [5.41, 5.74) is 3.44. The number of carboxylic acids is 1. The molecule has 0 fully saturated rings. The summed E-state index contributed by atoms with van der Waals surface area (Å²) in [4.78, 5) is 10.3. The molecule has 0 heterocycles. The molecule has 0 aliphatic heterocycles. The minimum atomic E-state index is -1.70. The van der Waals surface area contributed by atoms with E-state index in [9.17, 15) is 4.79 Å². The van der Waals surface area contributed by atoms with Crippen molar-refractivity contribution < 1.29 is 15.0 Å². The van der Waals surface area contributed by atoms with Gasteiger partial charge >= 0.3 is 5.97 Å². The average molecular weight is 162 g/mol. The number of hydrogen-bond acceptors (Lipinski definition) is 4. The fraction of sp³-hybridized carbons (Fsp3) is 0.833. The van der Waals surface area contributed by atoms with Gasteiger partial charge in [0.2, 0.25) is 0 Å². The second kappa shape index (κ2) is 4.27. The van der Waals surface area contributed by atoms with E-state index in [1.54, 1.807) is 0 Å². The van der Waals surface area contributed by atoms with Crippen LogP contribution in [0.2, 0.25) is 0 Å². The van der Waals surface area contributed by atoms with Crippen molar-refractivity contribution in [2.75, 3.05) is 19.6 Å². The van der Waals surface area contributed by atoms with Crippen molar-refractivity contribution >= 4 is 5.97 Å². The molecule has 66 valence electrons. The summed E-state index contributed by atoms with van der Waals surface area (Å²) in [5, 5.41) is 20.2. The lowest BCUT2D eigenvalue weighted by Crippen LogP contribution is -2.45. The molecule has 0 aromatic carbocycles. The molecule has 1 unspecified atom stereocenters. The van der Waals surface area contributed by atoms with Gasteiger partial charge < -0.3 is 21.3 Å². The molecule has 0 saturated carbocycles. The largest absolute Gasteiger partial charge is 0.479 e. The first-order valence-corrected chi connectivity index (χ1v) is 3.37. The van der Waals surface area contributed by atoms with E-state index in [0.29, 0.717) is 13.1 Å². The number of nitrogens with one attached hydrogen (secondary N) is 1. The molecule has 0 aliphatic rings. The first-order valence-electron chi connectivity index (χ1n) is 3.37. The van der Waals surface area contributed by atoms with Gasteiger partial charge in [0, 0.05) is 19.6 Å². The Balaban J connectivity index is 3.64. The highest BCUT2D eigenvalue weighted by molar-refractivity contribution is 5.76. The monoisotopic (exact) mass is 162 g/mol. The number of aliphatic carboxylic acids is 1. The van der Waals surface area contributed by atoms with E-state index < -0.39 is 11.6 Å².